The first-order valence-electron chi connectivity index (χ1n) is 13.1. The van der Waals surface area contributed by atoms with Gasteiger partial charge in [-0.1, -0.05) is 20.8 Å². The fraction of sp³-hybridized carbons (Fsp3) is 0.926. The van der Waals surface area contributed by atoms with Crippen LogP contribution in [0.1, 0.15) is 98.3 Å². The van der Waals surface area contributed by atoms with Gasteiger partial charge in [0.2, 0.25) is 0 Å². The molecule has 182 valence electrons. The summed E-state index contributed by atoms with van der Waals surface area (Å²) >= 11 is 0. The lowest BCUT2D eigenvalue weighted by molar-refractivity contribution is -0.169. The quantitative estimate of drug-likeness (QED) is 0.532. The standard InChI is InChI=1S/C27H45NO4/c1-17(6-9-24(30)31)21-7-8-22-20-11-15-27(28-5)16-19(32-18(2)29)10-14-26(27,4)23(20)12-13-25(21,22)3/h17,19-23,28H,6-16H2,1-5H3,(H,30,31). The number of fused-ring (bicyclic) bond motifs is 5. The number of carbonyl (C=O) groups is 2. The van der Waals surface area contributed by atoms with Crippen LogP contribution >= 0.6 is 0 Å². The van der Waals surface area contributed by atoms with Crippen molar-refractivity contribution in [2.24, 2.45) is 40.4 Å². The van der Waals surface area contributed by atoms with Gasteiger partial charge in [0.25, 0.3) is 0 Å². The lowest BCUT2D eigenvalue weighted by Crippen LogP contribution is -2.68. The van der Waals surface area contributed by atoms with Crippen LogP contribution < -0.4 is 5.32 Å². The summed E-state index contributed by atoms with van der Waals surface area (Å²) in [5.74, 6) is 2.63. The topological polar surface area (TPSA) is 75.6 Å². The molecule has 0 spiro atoms. The zero-order valence-corrected chi connectivity index (χ0v) is 20.9. The van der Waals surface area contributed by atoms with E-state index in [1.807, 2.05) is 0 Å². The van der Waals surface area contributed by atoms with E-state index in [1.54, 1.807) is 0 Å². The van der Waals surface area contributed by atoms with E-state index < -0.39 is 5.97 Å². The van der Waals surface area contributed by atoms with Gasteiger partial charge in [-0.05, 0) is 105 Å². The molecule has 0 aromatic carbocycles. The Labute approximate surface area is 194 Å². The van der Waals surface area contributed by atoms with Crippen LogP contribution in [0.25, 0.3) is 0 Å². The molecule has 0 heterocycles. The molecule has 0 saturated heterocycles. The summed E-state index contributed by atoms with van der Waals surface area (Å²) < 4.78 is 5.69. The second kappa shape index (κ2) is 8.60. The van der Waals surface area contributed by atoms with Gasteiger partial charge in [0, 0.05) is 25.3 Å². The zero-order chi connectivity index (χ0) is 23.3. The summed E-state index contributed by atoms with van der Waals surface area (Å²) in [5.41, 5.74) is 0.673. The van der Waals surface area contributed by atoms with E-state index in [4.69, 9.17) is 4.74 Å². The molecule has 4 saturated carbocycles. The van der Waals surface area contributed by atoms with Gasteiger partial charge in [-0.3, -0.25) is 9.59 Å². The third-order valence-corrected chi connectivity index (χ3v) is 11.2. The Morgan fingerprint density at radius 3 is 2.47 bits per heavy atom. The Balaban J connectivity index is 1.54. The van der Waals surface area contributed by atoms with Crippen molar-refractivity contribution in [2.45, 2.75) is 110 Å². The molecule has 2 N–H and O–H groups in total. The smallest absolute Gasteiger partial charge is 0.303 e. The Kier molecular flexibility index (Phi) is 6.46. The summed E-state index contributed by atoms with van der Waals surface area (Å²) in [4.78, 5) is 22.8. The van der Waals surface area contributed by atoms with Crippen molar-refractivity contribution in [3.8, 4) is 0 Å². The van der Waals surface area contributed by atoms with Gasteiger partial charge in [0.15, 0.2) is 0 Å². The number of hydrogen-bond donors (Lipinski definition) is 2. The highest BCUT2D eigenvalue weighted by molar-refractivity contribution is 5.66. The fourth-order valence-corrected chi connectivity index (χ4v) is 9.62. The SMILES string of the molecule is CNC12CCC3C4CCC(C(C)CCC(=O)O)C4(C)CCC3C1(C)CCC(OC(C)=O)C2. The van der Waals surface area contributed by atoms with Crippen LogP contribution in [0.15, 0.2) is 0 Å². The minimum Gasteiger partial charge on any atom is -0.481 e. The number of ether oxygens (including phenoxy) is 1. The third-order valence-electron chi connectivity index (χ3n) is 11.2. The van der Waals surface area contributed by atoms with Crippen LogP contribution in [0, 0.1) is 40.4 Å². The summed E-state index contributed by atoms with van der Waals surface area (Å²) in [6.07, 6.45) is 11.8. The van der Waals surface area contributed by atoms with Crippen molar-refractivity contribution in [3.63, 3.8) is 0 Å². The maximum Gasteiger partial charge on any atom is 0.303 e. The molecule has 4 aliphatic carbocycles. The first kappa shape index (κ1) is 24.0. The van der Waals surface area contributed by atoms with E-state index in [0.29, 0.717) is 23.7 Å². The van der Waals surface area contributed by atoms with Crippen LogP contribution in [0.4, 0.5) is 0 Å². The first-order chi connectivity index (χ1) is 15.1. The Morgan fingerprint density at radius 1 is 1.06 bits per heavy atom. The number of hydrogen-bond acceptors (Lipinski definition) is 4. The molecule has 0 bridgehead atoms. The number of aliphatic carboxylic acids is 1. The molecular formula is C27H45NO4. The summed E-state index contributed by atoms with van der Waals surface area (Å²) in [7, 11) is 2.12. The van der Waals surface area contributed by atoms with Crippen molar-refractivity contribution < 1.29 is 19.4 Å². The van der Waals surface area contributed by atoms with Crippen LogP contribution in [0.2, 0.25) is 0 Å². The number of esters is 1. The molecular weight excluding hydrogens is 402 g/mol. The highest BCUT2D eigenvalue weighted by atomic mass is 16.5. The van der Waals surface area contributed by atoms with Crippen LogP contribution in [-0.2, 0) is 14.3 Å². The highest BCUT2D eigenvalue weighted by Crippen LogP contribution is 2.69. The maximum absolute atomic E-state index is 11.6. The number of carbonyl (C=O) groups excluding carboxylic acids is 1. The Morgan fingerprint density at radius 2 is 1.81 bits per heavy atom. The zero-order valence-electron chi connectivity index (χ0n) is 20.9. The summed E-state index contributed by atoms with van der Waals surface area (Å²) in [6, 6.07) is 0. The molecule has 0 aliphatic heterocycles. The lowest BCUT2D eigenvalue weighted by atomic mass is 9.42. The van der Waals surface area contributed by atoms with Gasteiger partial charge in [0.1, 0.15) is 6.10 Å². The average molecular weight is 448 g/mol. The van der Waals surface area contributed by atoms with E-state index in [9.17, 15) is 14.7 Å². The molecule has 0 aromatic rings. The van der Waals surface area contributed by atoms with Crippen molar-refractivity contribution >= 4 is 11.9 Å². The first-order valence-corrected chi connectivity index (χ1v) is 13.1. The maximum atomic E-state index is 11.6. The van der Waals surface area contributed by atoms with Crippen LogP contribution in [0.3, 0.4) is 0 Å². The van der Waals surface area contributed by atoms with Crippen LogP contribution in [-0.4, -0.2) is 35.7 Å². The number of rotatable bonds is 6. The normalized spacial score (nSPS) is 46.5. The second-order valence-electron chi connectivity index (χ2n) is 12.3. The molecule has 32 heavy (non-hydrogen) atoms. The van der Waals surface area contributed by atoms with E-state index in [1.165, 1.54) is 45.4 Å². The van der Waals surface area contributed by atoms with E-state index in [-0.39, 0.29) is 23.0 Å². The van der Waals surface area contributed by atoms with Crippen molar-refractivity contribution in [1.82, 2.24) is 5.32 Å². The van der Waals surface area contributed by atoms with Crippen molar-refractivity contribution in [3.05, 3.63) is 0 Å². The van der Waals surface area contributed by atoms with Gasteiger partial charge < -0.3 is 15.2 Å². The number of carboxylic acid groups (broad SMARTS) is 1. The molecule has 9 unspecified atom stereocenters. The molecule has 0 amide bonds. The van der Waals surface area contributed by atoms with Crippen molar-refractivity contribution in [1.29, 1.82) is 0 Å². The van der Waals surface area contributed by atoms with Crippen LogP contribution in [0.5, 0.6) is 0 Å². The predicted octanol–water partition coefficient (Wildman–Crippen LogP) is 5.42. The monoisotopic (exact) mass is 447 g/mol. The Hall–Kier alpha value is -1.10. The molecule has 4 fully saturated rings. The van der Waals surface area contributed by atoms with Gasteiger partial charge in [-0.2, -0.15) is 0 Å². The highest BCUT2D eigenvalue weighted by Gasteiger charge is 2.64. The van der Waals surface area contributed by atoms with E-state index in [2.05, 4.69) is 33.1 Å². The van der Waals surface area contributed by atoms with E-state index >= 15 is 0 Å². The Bertz CT molecular complexity index is 739. The van der Waals surface area contributed by atoms with Gasteiger partial charge in [-0.15, -0.1) is 0 Å². The minimum atomic E-state index is -0.659. The number of carboxylic acids is 1. The molecule has 5 nitrogen and oxygen atoms in total. The van der Waals surface area contributed by atoms with Gasteiger partial charge in [0.05, 0.1) is 0 Å². The largest absolute Gasteiger partial charge is 0.481 e. The van der Waals surface area contributed by atoms with Gasteiger partial charge >= 0.3 is 11.9 Å². The average Bonchev–Trinajstić information content (AvgIpc) is 3.09. The summed E-state index contributed by atoms with van der Waals surface area (Å²) in [6.45, 7) is 8.92. The lowest BCUT2D eigenvalue weighted by Gasteiger charge is -2.66. The summed E-state index contributed by atoms with van der Waals surface area (Å²) in [5, 5.41) is 12.9. The van der Waals surface area contributed by atoms with Crippen molar-refractivity contribution in [2.75, 3.05) is 7.05 Å². The number of nitrogens with one attached hydrogen (secondary N) is 1. The van der Waals surface area contributed by atoms with Gasteiger partial charge in [-0.25, -0.2) is 0 Å². The third kappa shape index (κ3) is 3.71. The predicted molar refractivity (Wildman–Crippen MR) is 125 cm³/mol. The second-order valence-corrected chi connectivity index (χ2v) is 12.3. The molecule has 9 atom stereocenters. The minimum absolute atomic E-state index is 0.0457. The molecule has 4 aliphatic rings. The van der Waals surface area contributed by atoms with E-state index in [0.717, 1.165) is 43.4 Å². The molecule has 4 rings (SSSR count). The molecule has 0 aromatic heterocycles. The molecule has 0 radical (unpaired) electrons. The molecule has 5 heteroatoms. The fourth-order valence-electron chi connectivity index (χ4n) is 9.62.